The Balaban J connectivity index is 1.63. The van der Waals surface area contributed by atoms with Gasteiger partial charge in [-0.15, -0.1) is 0 Å². The number of hydrogen-bond donors (Lipinski definition) is 1. The molecule has 4 aromatic rings. The standard InChI is InChI=1S/C28H27F3N4O/c1-16-13-25(33-17(2)19-5-4-6-20(27(19)29)28(30)31)23-14-21(18-8-11-36-12-9-18)22(15-26(23)32-16)24-7-10-35(3)34-24/h4-8,10,13-15,17,28H,9,11-12H2,1-3H3,(H,32,33). The van der Waals surface area contributed by atoms with E-state index in [1.54, 1.807) is 11.6 Å². The van der Waals surface area contributed by atoms with Crippen molar-refractivity contribution in [3.05, 3.63) is 82.9 Å². The van der Waals surface area contributed by atoms with Crippen LogP contribution in [0.5, 0.6) is 0 Å². The molecule has 1 unspecified atom stereocenters. The van der Waals surface area contributed by atoms with Gasteiger partial charge in [0.2, 0.25) is 0 Å². The number of halogens is 3. The fourth-order valence-corrected chi connectivity index (χ4v) is 4.72. The number of ether oxygens (including phenoxy) is 1. The first-order valence-electron chi connectivity index (χ1n) is 11.9. The molecule has 0 saturated carbocycles. The van der Waals surface area contributed by atoms with Crippen LogP contribution in [0.2, 0.25) is 0 Å². The molecule has 8 heteroatoms. The lowest BCUT2D eigenvalue weighted by atomic mass is 9.92. The third-order valence-electron chi connectivity index (χ3n) is 6.51. The molecule has 0 bridgehead atoms. The topological polar surface area (TPSA) is 52.0 Å². The van der Waals surface area contributed by atoms with Crippen LogP contribution in [-0.2, 0) is 11.8 Å². The summed E-state index contributed by atoms with van der Waals surface area (Å²) in [4.78, 5) is 4.76. The molecular formula is C28H27F3N4O. The van der Waals surface area contributed by atoms with E-state index in [-0.39, 0.29) is 5.56 Å². The van der Waals surface area contributed by atoms with E-state index in [0.717, 1.165) is 51.6 Å². The van der Waals surface area contributed by atoms with Crippen LogP contribution in [0, 0.1) is 12.7 Å². The highest BCUT2D eigenvalue weighted by Crippen LogP contribution is 2.38. The second-order valence-corrected chi connectivity index (χ2v) is 9.07. The molecule has 2 aromatic heterocycles. The molecule has 1 N–H and O–H groups in total. The predicted molar refractivity (Wildman–Crippen MR) is 135 cm³/mol. The lowest BCUT2D eigenvalue weighted by Gasteiger charge is -2.21. The van der Waals surface area contributed by atoms with Gasteiger partial charge in [-0.3, -0.25) is 9.67 Å². The third-order valence-corrected chi connectivity index (χ3v) is 6.51. The van der Waals surface area contributed by atoms with Gasteiger partial charge in [-0.25, -0.2) is 13.2 Å². The molecular weight excluding hydrogens is 465 g/mol. The van der Waals surface area contributed by atoms with Crippen molar-refractivity contribution in [1.82, 2.24) is 14.8 Å². The number of fused-ring (bicyclic) bond motifs is 1. The van der Waals surface area contributed by atoms with E-state index in [2.05, 4.69) is 22.6 Å². The predicted octanol–water partition coefficient (Wildman–Crippen LogP) is 7.00. The monoisotopic (exact) mass is 492 g/mol. The third kappa shape index (κ3) is 4.60. The number of alkyl halides is 2. The average Bonchev–Trinajstić information content (AvgIpc) is 3.29. The van der Waals surface area contributed by atoms with Crippen LogP contribution < -0.4 is 5.32 Å². The number of anilines is 1. The van der Waals surface area contributed by atoms with Crippen molar-refractivity contribution in [2.24, 2.45) is 7.05 Å². The Hall–Kier alpha value is -3.65. The Bertz CT molecular complexity index is 1460. The first kappa shape index (κ1) is 24.1. The maximum absolute atomic E-state index is 14.9. The molecule has 0 amide bonds. The highest BCUT2D eigenvalue weighted by atomic mass is 19.3. The van der Waals surface area contributed by atoms with Crippen LogP contribution in [0.15, 0.2) is 54.7 Å². The van der Waals surface area contributed by atoms with Crippen LogP contribution in [0.25, 0.3) is 27.7 Å². The average molecular weight is 493 g/mol. The van der Waals surface area contributed by atoms with E-state index in [4.69, 9.17) is 9.72 Å². The summed E-state index contributed by atoms with van der Waals surface area (Å²) >= 11 is 0. The Morgan fingerprint density at radius 1 is 1.08 bits per heavy atom. The minimum absolute atomic E-state index is 0.188. The summed E-state index contributed by atoms with van der Waals surface area (Å²) in [5, 5.41) is 8.83. The summed E-state index contributed by atoms with van der Waals surface area (Å²) in [6, 6.07) is 11.6. The van der Waals surface area contributed by atoms with Gasteiger partial charge in [-0.05, 0) is 55.7 Å². The molecule has 5 rings (SSSR count). The highest BCUT2D eigenvalue weighted by molar-refractivity contribution is 5.98. The van der Waals surface area contributed by atoms with Crippen molar-refractivity contribution in [3.8, 4) is 11.3 Å². The number of pyridine rings is 1. The van der Waals surface area contributed by atoms with Crippen LogP contribution in [-0.4, -0.2) is 28.0 Å². The lowest BCUT2D eigenvalue weighted by molar-refractivity contribution is 0.146. The van der Waals surface area contributed by atoms with Gasteiger partial charge >= 0.3 is 0 Å². The lowest BCUT2D eigenvalue weighted by Crippen LogP contribution is -2.11. The van der Waals surface area contributed by atoms with Crippen molar-refractivity contribution in [3.63, 3.8) is 0 Å². The summed E-state index contributed by atoms with van der Waals surface area (Å²) in [6.45, 7) is 4.84. The molecule has 36 heavy (non-hydrogen) atoms. The smallest absolute Gasteiger partial charge is 0.266 e. The number of nitrogens with one attached hydrogen (secondary N) is 1. The molecule has 1 aliphatic rings. The van der Waals surface area contributed by atoms with Crippen molar-refractivity contribution >= 4 is 22.2 Å². The van der Waals surface area contributed by atoms with Gasteiger partial charge in [0, 0.05) is 41.1 Å². The molecule has 0 aliphatic carbocycles. The van der Waals surface area contributed by atoms with Gasteiger partial charge < -0.3 is 10.1 Å². The van der Waals surface area contributed by atoms with Gasteiger partial charge in [-0.2, -0.15) is 5.10 Å². The van der Waals surface area contributed by atoms with Crippen molar-refractivity contribution in [2.45, 2.75) is 32.7 Å². The van der Waals surface area contributed by atoms with E-state index in [1.807, 2.05) is 38.4 Å². The van der Waals surface area contributed by atoms with E-state index < -0.39 is 23.8 Å². The number of aryl methyl sites for hydroxylation is 2. The summed E-state index contributed by atoms with van der Waals surface area (Å²) in [7, 11) is 1.88. The first-order chi connectivity index (χ1) is 17.3. The molecule has 0 fully saturated rings. The number of rotatable bonds is 6. The summed E-state index contributed by atoms with van der Waals surface area (Å²) in [5.74, 6) is -0.881. The zero-order chi connectivity index (χ0) is 25.4. The fraction of sp³-hybridized carbons (Fsp3) is 0.286. The number of nitrogens with zero attached hydrogens (tertiary/aromatic N) is 3. The van der Waals surface area contributed by atoms with E-state index in [1.165, 1.54) is 17.7 Å². The molecule has 2 aromatic carbocycles. The summed E-state index contributed by atoms with van der Waals surface area (Å²) in [6.07, 6.45) is 1.89. The number of aromatic nitrogens is 3. The van der Waals surface area contributed by atoms with Crippen molar-refractivity contribution in [2.75, 3.05) is 18.5 Å². The van der Waals surface area contributed by atoms with Gasteiger partial charge in [0.1, 0.15) is 5.82 Å². The van der Waals surface area contributed by atoms with Crippen LogP contribution in [0.1, 0.15) is 48.2 Å². The van der Waals surface area contributed by atoms with E-state index in [0.29, 0.717) is 13.2 Å². The van der Waals surface area contributed by atoms with E-state index >= 15 is 0 Å². The van der Waals surface area contributed by atoms with Gasteiger partial charge in [0.25, 0.3) is 6.43 Å². The number of hydrogen-bond acceptors (Lipinski definition) is 4. The SMILES string of the molecule is Cc1cc(NC(C)c2cccc(C(F)F)c2F)c2cc(C3=CCOCC3)c(-c3ccn(C)n3)cc2n1. The maximum Gasteiger partial charge on any atom is 0.266 e. The Morgan fingerprint density at radius 3 is 2.58 bits per heavy atom. The maximum atomic E-state index is 14.9. The van der Waals surface area contributed by atoms with E-state index in [9.17, 15) is 13.2 Å². The Morgan fingerprint density at radius 2 is 1.89 bits per heavy atom. The van der Waals surface area contributed by atoms with Gasteiger partial charge in [0.05, 0.1) is 36.0 Å². The molecule has 5 nitrogen and oxygen atoms in total. The molecule has 186 valence electrons. The second kappa shape index (κ2) is 9.78. The molecule has 0 spiro atoms. The van der Waals surface area contributed by atoms with Crippen molar-refractivity contribution < 1.29 is 17.9 Å². The van der Waals surface area contributed by atoms with Gasteiger partial charge in [0.15, 0.2) is 0 Å². The fourth-order valence-electron chi connectivity index (χ4n) is 4.72. The zero-order valence-electron chi connectivity index (χ0n) is 20.4. The first-order valence-corrected chi connectivity index (χ1v) is 11.9. The Kier molecular flexibility index (Phi) is 6.53. The summed E-state index contributed by atoms with van der Waals surface area (Å²) in [5.41, 5.74) is 5.93. The zero-order valence-corrected chi connectivity index (χ0v) is 20.4. The normalized spacial score (nSPS) is 14.8. The highest BCUT2D eigenvalue weighted by Gasteiger charge is 2.21. The quantitative estimate of drug-likeness (QED) is 0.315. The number of benzene rings is 2. The summed E-state index contributed by atoms with van der Waals surface area (Å²) < 4.78 is 48.7. The van der Waals surface area contributed by atoms with Crippen LogP contribution >= 0.6 is 0 Å². The second-order valence-electron chi connectivity index (χ2n) is 9.07. The van der Waals surface area contributed by atoms with Crippen molar-refractivity contribution in [1.29, 1.82) is 0 Å². The largest absolute Gasteiger partial charge is 0.378 e. The molecule has 0 saturated heterocycles. The molecule has 3 heterocycles. The van der Waals surface area contributed by atoms with Gasteiger partial charge in [-0.1, -0.05) is 24.3 Å². The van der Waals surface area contributed by atoms with Crippen LogP contribution in [0.3, 0.4) is 0 Å². The molecule has 0 radical (unpaired) electrons. The Labute approximate surface area is 207 Å². The molecule has 1 atom stereocenters. The van der Waals surface area contributed by atoms with Crippen LogP contribution in [0.4, 0.5) is 18.9 Å². The minimum atomic E-state index is -2.87. The minimum Gasteiger partial charge on any atom is -0.378 e. The molecule has 1 aliphatic heterocycles.